The van der Waals surface area contributed by atoms with Gasteiger partial charge in [-0.05, 0) is 12.1 Å². The number of benzene rings is 1. The Balaban J connectivity index is 2.02. The molecule has 3 heterocycles. The third-order valence-corrected chi connectivity index (χ3v) is 3.55. The van der Waals surface area contributed by atoms with Crippen molar-refractivity contribution in [2.75, 3.05) is 0 Å². The normalized spacial score (nSPS) is 11.4. The van der Waals surface area contributed by atoms with Gasteiger partial charge in [-0.15, -0.1) is 0 Å². The molecular weight excluding hydrogens is 252 g/mol. The van der Waals surface area contributed by atoms with Crippen LogP contribution in [0.1, 0.15) is 0 Å². The third-order valence-electron chi connectivity index (χ3n) is 3.55. The summed E-state index contributed by atoms with van der Waals surface area (Å²) in [6.07, 6.45) is 1.80. The van der Waals surface area contributed by atoms with E-state index in [0.29, 0.717) is 0 Å². The molecule has 0 aliphatic carbocycles. The third kappa shape index (κ3) is 1.50. The number of nitrogens with zero attached hydrogens (tertiary/aromatic N) is 2. The molecule has 98 valence electrons. The number of pyridine rings is 1. The minimum atomic E-state index is -0.0687. The Kier molecular flexibility index (Phi) is 2.12. The minimum Gasteiger partial charge on any atom is -0.353 e. The van der Waals surface area contributed by atoms with Crippen LogP contribution >= 0.6 is 0 Å². The van der Waals surface area contributed by atoms with Crippen molar-refractivity contribution < 1.29 is 0 Å². The van der Waals surface area contributed by atoms with Crippen LogP contribution in [0.25, 0.3) is 33.2 Å². The molecule has 0 radical (unpaired) electrons. The summed E-state index contributed by atoms with van der Waals surface area (Å²) in [6.45, 7) is 0. The molecule has 0 amide bonds. The molecule has 1 aromatic carbocycles. The zero-order chi connectivity index (χ0) is 13.7. The molecular formula is C15H12N4O. The second-order valence-electron chi connectivity index (χ2n) is 4.85. The van der Waals surface area contributed by atoms with Crippen molar-refractivity contribution in [1.29, 1.82) is 0 Å². The minimum absolute atomic E-state index is 0.0687. The highest BCUT2D eigenvalue weighted by Gasteiger charge is 2.08. The van der Waals surface area contributed by atoms with Crippen LogP contribution < -0.4 is 5.56 Å². The molecule has 0 saturated heterocycles. The fraction of sp³-hybridized carbons (Fsp3) is 0.0667. The van der Waals surface area contributed by atoms with Crippen LogP contribution in [0.3, 0.4) is 0 Å². The smallest absolute Gasteiger partial charge is 0.266 e. The lowest BCUT2D eigenvalue weighted by Crippen LogP contribution is -2.09. The van der Waals surface area contributed by atoms with Crippen molar-refractivity contribution in [3.05, 3.63) is 52.9 Å². The molecule has 0 aliphatic heterocycles. The fourth-order valence-electron chi connectivity index (χ4n) is 2.52. The maximum atomic E-state index is 11.5. The number of H-pyrrole nitrogens is 2. The van der Waals surface area contributed by atoms with Gasteiger partial charge in [-0.2, -0.15) is 0 Å². The Labute approximate surface area is 113 Å². The standard InChI is InChI=1S/C15H12N4O/c1-19-15(20)7-13(18-19)12-6-10-9-4-2-3-5-11(9)17-14(10)8-16-12/h2-8,17-18H,1H3. The molecule has 5 heteroatoms. The van der Waals surface area contributed by atoms with E-state index < -0.39 is 0 Å². The van der Waals surface area contributed by atoms with E-state index in [1.54, 1.807) is 19.3 Å². The summed E-state index contributed by atoms with van der Waals surface area (Å²) in [5, 5.41) is 5.26. The Morgan fingerprint density at radius 3 is 2.75 bits per heavy atom. The van der Waals surface area contributed by atoms with Crippen LogP contribution in [-0.2, 0) is 7.05 Å². The van der Waals surface area contributed by atoms with Crippen molar-refractivity contribution in [3.63, 3.8) is 0 Å². The molecule has 0 bridgehead atoms. The van der Waals surface area contributed by atoms with E-state index in [2.05, 4.69) is 21.1 Å². The maximum Gasteiger partial charge on any atom is 0.266 e. The highest BCUT2D eigenvalue weighted by Crippen LogP contribution is 2.27. The van der Waals surface area contributed by atoms with Gasteiger partial charge in [0.2, 0.25) is 0 Å². The first-order valence-corrected chi connectivity index (χ1v) is 6.35. The van der Waals surface area contributed by atoms with Crippen LogP contribution in [-0.4, -0.2) is 19.7 Å². The van der Waals surface area contributed by atoms with Crippen molar-refractivity contribution in [1.82, 2.24) is 19.7 Å². The van der Waals surface area contributed by atoms with Crippen LogP contribution in [0.5, 0.6) is 0 Å². The van der Waals surface area contributed by atoms with Gasteiger partial charge in [-0.1, -0.05) is 18.2 Å². The monoisotopic (exact) mass is 264 g/mol. The van der Waals surface area contributed by atoms with E-state index in [-0.39, 0.29) is 5.56 Å². The lowest BCUT2D eigenvalue weighted by molar-refractivity contribution is 0.742. The Hall–Kier alpha value is -2.82. The van der Waals surface area contributed by atoms with E-state index in [1.807, 2.05) is 24.3 Å². The van der Waals surface area contributed by atoms with E-state index >= 15 is 0 Å². The van der Waals surface area contributed by atoms with Gasteiger partial charge in [-0.25, -0.2) is 0 Å². The number of rotatable bonds is 1. The van der Waals surface area contributed by atoms with Crippen LogP contribution in [0.4, 0.5) is 0 Å². The summed E-state index contributed by atoms with van der Waals surface area (Å²) in [4.78, 5) is 19.3. The number of aromatic amines is 2. The lowest BCUT2D eigenvalue weighted by atomic mass is 10.1. The molecule has 0 atom stereocenters. The second-order valence-corrected chi connectivity index (χ2v) is 4.85. The van der Waals surface area contributed by atoms with Crippen LogP contribution in [0, 0.1) is 0 Å². The Morgan fingerprint density at radius 1 is 1.10 bits per heavy atom. The van der Waals surface area contributed by atoms with Gasteiger partial charge < -0.3 is 4.98 Å². The molecule has 5 nitrogen and oxygen atoms in total. The topological polar surface area (TPSA) is 66.5 Å². The number of aromatic nitrogens is 4. The van der Waals surface area contributed by atoms with Gasteiger partial charge >= 0.3 is 0 Å². The molecule has 0 fully saturated rings. The van der Waals surface area contributed by atoms with Gasteiger partial charge in [0.1, 0.15) is 0 Å². The highest BCUT2D eigenvalue weighted by atomic mass is 16.1. The van der Waals surface area contributed by atoms with Crippen molar-refractivity contribution in [3.8, 4) is 11.4 Å². The number of nitrogens with one attached hydrogen (secondary N) is 2. The summed E-state index contributed by atoms with van der Waals surface area (Å²) in [7, 11) is 1.69. The van der Waals surface area contributed by atoms with Gasteiger partial charge in [-0.3, -0.25) is 19.6 Å². The van der Waals surface area contributed by atoms with E-state index in [4.69, 9.17) is 0 Å². The molecule has 0 saturated carbocycles. The van der Waals surface area contributed by atoms with Gasteiger partial charge in [0.15, 0.2) is 0 Å². The summed E-state index contributed by atoms with van der Waals surface area (Å²) >= 11 is 0. The van der Waals surface area contributed by atoms with E-state index in [9.17, 15) is 4.79 Å². The van der Waals surface area contributed by atoms with Gasteiger partial charge in [0.25, 0.3) is 5.56 Å². The zero-order valence-corrected chi connectivity index (χ0v) is 10.8. The lowest BCUT2D eigenvalue weighted by Gasteiger charge is -1.98. The van der Waals surface area contributed by atoms with E-state index in [1.165, 1.54) is 4.68 Å². The predicted octanol–water partition coefficient (Wildman–Crippen LogP) is 2.41. The zero-order valence-electron chi connectivity index (χ0n) is 10.8. The maximum absolute atomic E-state index is 11.5. The van der Waals surface area contributed by atoms with E-state index in [0.717, 1.165) is 33.2 Å². The average molecular weight is 264 g/mol. The second kappa shape index (κ2) is 3.84. The first-order valence-electron chi connectivity index (χ1n) is 6.35. The quantitative estimate of drug-likeness (QED) is 0.554. The molecule has 0 aliphatic rings. The fourth-order valence-corrected chi connectivity index (χ4v) is 2.52. The molecule has 3 aromatic heterocycles. The van der Waals surface area contributed by atoms with Crippen LogP contribution in [0.2, 0.25) is 0 Å². The summed E-state index contributed by atoms with van der Waals surface area (Å²) < 4.78 is 1.44. The summed E-state index contributed by atoms with van der Waals surface area (Å²) in [5.41, 5.74) is 3.50. The number of aryl methyl sites for hydroxylation is 1. The Morgan fingerprint density at radius 2 is 1.95 bits per heavy atom. The Bertz CT molecular complexity index is 990. The first kappa shape index (κ1) is 11.0. The molecule has 20 heavy (non-hydrogen) atoms. The SMILES string of the molecule is Cn1[nH]c(-c2cc3c(cn2)[nH]c2ccccc23)cc1=O. The number of fused-ring (bicyclic) bond motifs is 3. The summed E-state index contributed by atoms with van der Waals surface area (Å²) in [5.74, 6) is 0. The molecule has 2 N–H and O–H groups in total. The average Bonchev–Trinajstić information content (AvgIpc) is 2.99. The molecule has 4 rings (SSSR count). The van der Waals surface area contributed by atoms with Crippen LogP contribution in [0.15, 0.2) is 47.4 Å². The van der Waals surface area contributed by atoms with Crippen molar-refractivity contribution >= 4 is 21.8 Å². The van der Waals surface area contributed by atoms with Crippen molar-refractivity contribution in [2.45, 2.75) is 0 Å². The highest BCUT2D eigenvalue weighted by molar-refractivity contribution is 6.07. The van der Waals surface area contributed by atoms with Crippen molar-refractivity contribution in [2.24, 2.45) is 7.05 Å². The largest absolute Gasteiger partial charge is 0.353 e. The molecule has 4 aromatic rings. The van der Waals surface area contributed by atoms with Gasteiger partial charge in [0, 0.05) is 29.4 Å². The predicted molar refractivity (Wildman–Crippen MR) is 78.6 cm³/mol. The molecule has 0 spiro atoms. The number of hydrogen-bond donors (Lipinski definition) is 2. The number of para-hydroxylation sites is 1. The van der Waals surface area contributed by atoms with Gasteiger partial charge in [0.05, 0.1) is 23.1 Å². The molecule has 0 unspecified atom stereocenters. The first-order chi connectivity index (χ1) is 9.72. The summed E-state index contributed by atoms with van der Waals surface area (Å²) in [6, 6.07) is 11.7. The number of hydrogen-bond acceptors (Lipinski definition) is 2.